The first kappa shape index (κ1) is 14.4. The molecule has 0 saturated carbocycles. The van der Waals surface area contributed by atoms with Gasteiger partial charge < -0.3 is 0 Å². The Morgan fingerprint density at radius 1 is 0.895 bits per heavy atom. The number of hydrogen-bond donors (Lipinski definition) is 0. The van der Waals surface area contributed by atoms with Crippen LogP contribution in [-0.4, -0.2) is 9.97 Å². The maximum atomic E-state index is 12.6. The van der Waals surface area contributed by atoms with Gasteiger partial charge in [0.15, 0.2) is 0 Å². The minimum Gasteiger partial charge on any atom is -0.218 e. The summed E-state index contributed by atoms with van der Waals surface area (Å²) < 4.78 is 37.8. The lowest BCUT2D eigenvalue weighted by Gasteiger charge is -2.08. The van der Waals surface area contributed by atoms with Crippen LogP contribution in [0.4, 0.5) is 13.2 Å². The highest BCUT2D eigenvalue weighted by molar-refractivity contribution is 6.42. The second-order valence-electron chi connectivity index (χ2n) is 3.53. The summed E-state index contributed by atoms with van der Waals surface area (Å²) in [4.78, 5) is 6.88. The average Bonchev–Trinajstić information content (AvgIpc) is 2.31. The lowest BCUT2D eigenvalue weighted by Crippen LogP contribution is -2.09. The van der Waals surface area contributed by atoms with Crippen molar-refractivity contribution in [2.45, 2.75) is 6.18 Å². The van der Waals surface area contributed by atoms with E-state index in [1.807, 2.05) is 0 Å². The summed E-state index contributed by atoms with van der Waals surface area (Å²) in [5.74, 6) is 0. The molecule has 0 saturated heterocycles. The van der Waals surface area contributed by atoms with Crippen LogP contribution in [0.2, 0.25) is 15.3 Å². The molecule has 0 unspecified atom stereocenters. The summed E-state index contributed by atoms with van der Waals surface area (Å²) in [6, 6.07) is 5.16. The zero-order chi connectivity index (χ0) is 14.2. The van der Waals surface area contributed by atoms with Crippen LogP contribution in [0.25, 0.3) is 11.3 Å². The van der Waals surface area contributed by atoms with Crippen molar-refractivity contribution in [3.8, 4) is 11.3 Å². The molecule has 0 atom stereocenters. The van der Waals surface area contributed by atoms with Crippen molar-refractivity contribution in [2.24, 2.45) is 0 Å². The molecule has 2 rings (SSSR count). The van der Waals surface area contributed by atoms with Gasteiger partial charge in [0.25, 0.3) is 0 Å². The molecule has 1 heterocycles. The van der Waals surface area contributed by atoms with Gasteiger partial charge in [0.1, 0.15) is 5.69 Å². The average molecular weight is 328 g/mol. The van der Waals surface area contributed by atoms with Crippen LogP contribution in [0.3, 0.4) is 0 Å². The van der Waals surface area contributed by atoms with Crippen LogP contribution < -0.4 is 0 Å². The third-order valence-electron chi connectivity index (χ3n) is 2.20. The molecule has 0 aliphatic rings. The lowest BCUT2D eigenvalue weighted by molar-refractivity contribution is -0.141. The van der Waals surface area contributed by atoms with E-state index < -0.39 is 17.2 Å². The largest absolute Gasteiger partial charge is 0.433 e. The summed E-state index contributed by atoms with van der Waals surface area (Å²) in [5, 5.41) is 0.0139. The topological polar surface area (TPSA) is 25.8 Å². The summed E-state index contributed by atoms with van der Waals surface area (Å²) in [6.45, 7) is 0. The third-order valence-corrected chi connectivity index (χ3v) is 3.11. The first-order valence-corrected chi connectivity index (χ1v) is 5.98. The van der Waals surface area contributed by atoms with Gasteiger partial charge >= 0.3 is 6.18 Å². The summed E-state index contributed by atoms with van der Waals surface area (Å²) in [5.41, 5.74) is -0.733. The van der Waals surface area contributed by atoms with Gasteiger partial charge in [-0.2, -0.15) is 13.2 Å². The van der Waals surface area contributed by atoms with Crippen LogP contribution in [-0.2, 0) is 6.18 Å². The van der Waals surface area contributed by atoms with Crippen molar-refractivity contribution in [3.05, 3.63) is 45.3 Å². The van der Waals surface area contributed by atoms with Gasteiger partial charge in [-0.3, -0.25) is 0 Å². The van der Waals surface area contributed by atoms with Crippen molar-refractivity contribution in [2.75, 3.05) is 0 Å². The van der Waals surface area contributed by atoms with Crippen molar-refractivity contribution in [3.63, 3.8) is 0 Å². The molecule has 19 heavy (non-hydrogen) atoms. The standard InChI is InChI=1S/C11H4Cl3F3N2/c12-6-2-1-5(3-7(6)13)8-4-9(11(15,16)17)19-10(14)18-8/h1-4H. The normalized spacial score (nSPS) is 11.7. The van der Waals surface area contributed by atoms with E-state index in [0.717, 1.165) is 6.07 Å². The third kappa shape index (κ3) is 3.29. The maximum absolute atomic E-state index is 12.6. The van der Waals surface area contributed by atoms with Gasteiger partial charge in [-0.1, -0.05) is 29.3 Å². The summed E-state index contributed by atoms with van der Waals surface area (Å²) >= 11 is 17.0. The minimum absolute atomic E-state index is 0.0193. The smallest absolute Gasteiger partial charge is 0.218 e. The predicted octanol–water partition coefficient (Wildman–Crippen LogP) is 5.12. The molecule has 0 bridgehead atoms. The highest BCUT2D eigenvalue weighted by Crippen LogP contribution is 2.32. The first-order valence-electron chi connectivity index (χ1n) is 4.84. The fraction of sp³-hybridized carbons (Fsp3) is 0.0909. The Morgan fingerprint density at radius 3 is 2.16 bits per heavy atom. The number of alkyl halides is 3. The molecular weight excluding hydrogens is 323 g/mol. The molecule has 1 aromatic heterocycles. The molecule has 0 N–H and O–H groups in total. The Bertz CT molecular complexity index is 629. The number of rotatable bonds is 1. The van der Waals surface area contributed by atoms with Gasteiger partial charge in [-0.15, -0.1) is 0 Å². The lowest BCUT2D eigenvalue weighted by atomic mass is 10.1. The van der Waals surface area contributed by atoms with Crippen molar-refractivity contribution < 1.29 is 13.2 Å². The minimum atomic E-state index is -4.60. The fourth-order valence-corrected chi connectivity index (χ4v) is 1.85. The molecule has 0 aliphatic heterocycles. The number of halogens is 6. The summed E-state index contributed by atoms with van der Waals surface area (Å²) in [7, 11) is 0. The van der Waals surface area contributed by atoms with Gasteiger partial charge in [0.05, 0.1) is 15.7 Å². The predicted molar refractivity (Wildman–Crippen MR) is 67.5 cm³/mol. The second kappa shape index (κ2) is 5.15. The Morgan fingerprint density at radius 2 is 1.58 bits per heavy atom. The molecule has 8 heteroatoms. The van der Waals surface area contributed by atoms with Crippen molar-refractivity contribution in [1.29, 1.82) is 0 Å². The van der Waals surface area contributed by atoms with E-state index >= 15 is 0 Å². The van der Waals surface area contributed by atoms with Crippen LogP contribution in [0, 0.1) is 0 Å². The number of nitrogens with zero attached hydrogens (tertiary/aromatic N) is 2. The van der Waals surface area contributed by atoms with E-state index in [-0.39, 0.29) is 10.7 Å². The van der Waals surface area contributed by atoms with E-state index in [2.05, 4.69) is 9.97 Å². The molecular formula is C11H4Cl3F3N2. The molecule has 2 aromatic rings. The molecule has 2 nitrogen and oxygen atoms in total. The van der Waals surface area contributed by atoms with E-state index in [1.54, 1.807) is 0 Å². The van der Waals surface area contributed by atoms with Gasteiger partial charge in [-0.25, -0.2) is 9.97 Å². The fourth-order valence-electron chi connectivity index (χ4n) is 1.37. The Balaban J connectivity index is 2.56. The molecule has 0 fully saturated rings. The Kier molecular flexibility index (Phi) is 3.90. The van der Waals surface area contributed by atoms with E-state index in [4.69, 9.17) is 34.8 Å². The van der Waals surface area contributed by atoms with Gasteiger partial charge in [0.2, 0.25) is 5.28 Å². The molecule has 1 aromatic carbocycles. The van der Waals surface area contributed by atoms with Crippen LogP contribution >= 0.6 is 34.8 Å². The van der Waals surface area contributed by atoms with E-state index in [0.29, 0.717) is 10.6 Å². The van der Waals surface area contributed by atoms with Crippen LogP contribution in [0.1, 0.15) is 5.69 Å². The molecule has 100 valence electrons. The van der Waals surface area contributed by atoms with Crippen molar-refractivity contribution >= 4 is 34.8 Å². The zero-order valence-corrected chi connectivity index (χ0v) is 11.2. The monoisotopic (exact) mass is 326 g/mol. The number of benzene rings is 1. The van der Waals surface area contributed by atoms with E-state index in [1.165, 1.54) is 18.2 Å². The first-order chi connectivity index (χ1) is 8.77. The Labute approximate surface area is 121 Å². The highest BCUT2D eigenvalue weighted by Gasteiger charge is 2.33. The second-order valence-corrected chi connectivity index (χ2v) is 4.69. The summed E-state index contributed by atoms with van der Waals surface area (Å²) in [6.07, 6.45) is -4.60. The maximum Gasteiger partial charge on any atom is 0.433 e. The number of aromatic nitrogens is 2. The molecule has 0 spiro atoms. The molecule has 0 amide bonds. The molecule has 0 radical (unpaired) electrons. The van der Waals surface area contributed by atoms with Gasteiger partial charge in [0, 0.05) is 5.56 Å². The highest BCUT2D eigenvalue weighted by atomic mass is 35.5. The van der Waals surface area contributed by atoms with Crippen LogP contribution in [0.5, 0.6) is 0 Å². The van der Waals surface area contributed by atoms with Gasteiger partial charge in [-0.05, 0) is 29.8 Å². The Hall–Kier alpha value is -1.04. The number of hydrogen-bond acceptors (Lipinski definition) is 2. The molecule has 0 aliphatic carbocycles. The van der Waals surface area contributed by atoms with E-state index in [9.17, 15) is 13.2 Å². The van der Waals surface area contributed by atoms with Crippen molar-refractivity contribution in [1.82, 2.24) is 9.97 Å². The quantitative estimate of drug-likeness (QED) is 0.679. The van der Waals surface area contributed by atoms with Crippen LogP contribution in [0.15, 0.2) is 24.3 Å². The SMILES string of the molecule is FC(F)(F)c1cc(-c2ccc(Cl)c(Cl)c2)nc(Cl)n1. The zero-order valence-electron chi connectivity index (χ0n) is 8.97.